The van der Waals surface area contributed by atoms with Crippen LogP contribution in [0.2, 0.25) is 18.1 Å². The number of rotatable bonds is 7. The minimum Gasteiger partial charge on any atom is -0.466 e. The summed E-state index contributed by atoms with van der Waals surface area (Å²) in [5.41, 5.74) is 0. The molecule has 0 bridgehead atoms. The van der Waals surface area contributed by atoms with Gasteiger partial charge in [0.15, 0.2) is 14.1 Å². The van der Waals surface area contributed by atoms with Crippen molar-refractivity contribution in [3.63, 3.8) is 0 Å². The van der Waals surface area contributed by atoms with Gasteiger partial charge in [0.2, 0.25) is 0 Å². The predicted octanol–water partition coefficient (Wildman–Crippen LogP) is 3.87. The van der Waals surface area contributed by atoms with Crippen molar-refractivity contribution in [2.75, 3.05) is 13.2 Å². The van der Waals surface area contributed by atoms with Gasteiger partial charge in [-0.2, -0.15) is 0 Å². The Morgan fingerprint density at radius 3 is 2.26 bits per heavy atom. The highest BCUT2D eigenvalue weighted by atomic mass is 28.4. The van der Waals surface area contributed by atoms with E-state index in [4.69, 9.17) is 18.6 Å². The van der Waals surface area contributed by atoms with Gasteiger partial charge >= 0.3 is 5.97 Å². The molecule has 0 saturated carbocycles. The van der Waals surface area contributed by atoms with Gasteiger partial charge in [-0.25, -0.2) is 0 Å². The van der Waals surface area contributed by atoms with E-state index in [0.717, 1.165) is 0 Å². The Labute approximate surface area is 142 Å². The summed E-state index contributed by atoms with van der Waals surface area (Å²) >= 11 is 0. The van der Waals surface area contributed by atoms with Crippen LogP contribution < -0.4 is 0 Å². The molecule has 2 atom stereocenters. The van der Waals surface area contributed by atoms with Gasteiger partial charge in [0.1, 0.15) is 6.10 Å². The maximum Gasteiger partial charge on any atom is 0.305 e. The van der Waals surface area contributed by atoms with Crippen LogP contribution >= 0.6 is 0 Å². The second-order valence-corrected chi connectivity index (χ2v) is 12.9. The van der Waals surface area contributed by atoms with E-state index in [2.05, 4.69) is 33.9 Å². The number of esters is 1. The lowest BCUT2D eigenvalue weighted by Gasteiger charge is -2.37. The second kappa shape index (κ2) is 7.63. The van der Waals surface area contributed by atoms with Crippen LogP contribution in [0.25, 0.3) is 0 Å². The highest BCUT2D eigenvalue weighted by molar-refractivity contribution is 6.74. The molecule has 1 aliphatic heterocycles. The molecule has 0 aliphatic carbocycles. The first-order chi connectivity index (χ1) is 10.4. The molecule has 0 N–H and O–H groups in total. The Morgan fingerprint density at radius 1 is 1.17 bits per heavy atom. The van der Waals surface area contributed by atoms with E-state index in [1.165, 1.54) is 0 Å². The summed E-state index contributed by atoms with van der Waals surface area (Å²) in [7, 11) is -1.83. The molecule has 0 spiro atoms. The fourth-order valence-electron chi connectivity index (χ4n) is 2.30. The monoisotopic (exact) mass is 346 g/mol. The summed E-state index contributed by atoms with van der Waals surface area (Å²) in [5.74, 6) is -0.828. The first-order valence-corrected chi connectivity index (χ1v) is 11.4. The maximum absolute atomic E-state index is 11.6. The van der Waals surface area contributed by atoms with Crippen LogP contribution in [0.5, 0.6) is 0 Å². The zero-order valence-electron chi connectivity index (χ0n) is 16.0. The Kier molecular flexibility index (Phi) is 6.84. The Balaban J connectivity index is 2.61. The van der Waals surface area contributed by atoms with Crippen molar-refractivity contribution in [2.24, 2.45) is 0 Å². The molecule has 0 amide bonds. The average Bonchev–Trinajstić information content (AvgIpc) is 2.68. The van der Waals surface area contributed by atoms with E-state index in [-0.39, 0.29) is 23.2 Å². The fourth-order valence-corrected chi connectivity index (χ4v) is 3.31. The molecule has 0 radical (unpaired) electrons. The van der Waals surface area contributed by atoms with Gasteiger partial charge in [-0.1, -0.05) is 20.8 Å². The van der Waals surface area contributed by atoms with Crippen LogP contribution in [0.4, 0.5) is 0 Å². The number of hydrogen-bond donors (Lipinski definition) is 0. The molecule has 0 aromatic rings. The molecule has 1 rings (SSSR count). The Hall–Kier alpha value is -0.433. The zero-order chi connectivity index (χ0) is 17.9. The second-order valence-electron chi connectivity index (χ2n) is 8.13. The molecule has 0 aromatic carbocycles. The van der Waals surface area contributed by atoms with Gasteiger partial charge in [-0.15, -0.1) is 0 Å². The van der Waals surface area contributed by atoms with Crippen molar-refractivity contribution in [1.29, 1.82) is 0 Å². The van der Waals surface area contributed by atoms with Crippen molar-refractivity contribution >= 4 is 14.3 Å². The summed E-state index contributed by atoms with van der Waals surface area (Å²) in [6.45, 7) is 17.6. The first kappa shape index (κ1) is 20.6. The molecule has 5 nitrogen and oxygen atoms in total. The molecular weight excluding hydrogens is 312 g/mol. The summed E-state index contributed by atoms with van der Waals surface area (Å²) in [4.78, 5) is 11.6. The number of hydrogen-bond acceptors (Lipinski definition) is 5. The lowest BCUT2D eigenvalue weighted by atomic mass is 10.1. The van der Waals surface area contributed by atoms with Crippen molar-refractivity contribution in [2.45, 2.75) is 90.5 Å². The Bertz CT molecular complexity index is 400. The Morgan fingerprint density at radius 2 is 1.74 bits per heavy atom. The van der Waals surface area contributed by atoms with Crippen molar-refractivity contribution in [3.05, 3.63) is 0 Å². The molecule has 0 aromatic heterocycles. The molecule has 1 fully saturated rings. The van der Waals surface area contributed by atoms with Gasteiger partial charge in [0.05, 0.1) is 19.3 Å². The summed E-state index contributed by atoms with van der Waals surface area (Å²) < 4.78 is 23.2. The minimum absolute atomic E-state index is 0.140. The molecule has 1 aliphatic rings. The smallest absolute Gasteiger partial charge is 0.305 e. The molecule has 23 heavy (non-hydrogen) atoms. The third kappa shape index (κ3) is 6.18. The van der Waals surface area contributed by atoms with Crippen LogP contribution in [-0.2, 0) is 23.4 Å². The van der Waals surface area contributed by atoms with E-state index in [9.17, 15) is 4.79 Å². The normalized spacial score (nSPS) is 24.7. The van der Waals surface area contributed by atoms with Gasteiger partial charge < -0.3 is 18.6 Å². The molecule has 136 valence electrons. The van der Waals surface area contributed by atoms with Crippen LogP contribution in [0, 0.1) is 0 Å². The van der Waals surface area contributed by atoms with Crippen LogP contribution in [-0.4, -0.2) is 45.5 Å². The van der Waals surface area contributed by atoms with E-state index < -0.39 is 14.1 Å². The van der Waals surface area contributed by atoms with Crippen LogP contribution in [0.1, 0.15) is 54.4 Å². The summed E-state index contributed by atoms with van der Waals surface area (Å²) in [6, 6.07) is 0. The third-order valence-electron chi connectivity index (χ3n) is 4.64. The number of carbonyl (C=O) groups is 1. The van der Waals surface area contributed by atoms with Crippen LogP contribution in [0.15, 0.2) is 0 Å². The number of carbonyl (C=O) groups excluding carboxylic acids is 1. The largest absolute Gasteiger partial charge is 0.466 e. The lowest BCUT2D eigenvalue weighted by molar-refractivity contribution is -0.152. The van der Waals surface area contributed by atoms with Crippen molar-refractivity contribution in [1.82, 2.24) is 0 Å². The van der Waals surface area contributed by atoms with Crippen LogP contribution in [0.3, 0.4) is 0 Å². The standard InChI is InChI=1S/C17H34O5Si/c1-9-19-15(18)11-10-13-14(22-17(5,6)21-13)12-20-23(7,8)16(2,3)4/h13-14H,9-12H2,1-8H3/t13-,14-/m1/s1. The molecular formula is C17H34O5Si. The van der Waals surface area contributed by atoms with Gasteiger partial charge in [0, 0.05) is 6.42 Å². The van der Waals surface area contributed by atoms with E-state index >= 15 is 0 Å². The highest BCUT2D eigenvalue weighted by Gasteiger charge is 2.44. The lowest BCUT2D eigenvalue weighted by Crippen LogP contribution is -2.44. The molecule has 1 saturated heterocycles. The van der Waals surface area contributed by atoms with Gasteiger partial charge in [0.25, 0.3) is 0 Å². The zero-order valence-corrected chi connectivity index (χ0v) is 17.0. The fraction of sp³-hybridized carbons (Fsp3) is 0.941. The first-order valence-electron chi connectivity index (χ1n) is 8.53. The minimum atomic E-state index is -1.83. The van der Waals surface area contributed by atoms with Crippen molar-refractivity contribution < 1.29 is 23.4 Å². The maximum atomic E-state index is 11.6. The summed E-state index contributed by atoms with van der Waals surface area (Å²) in [5, 5.41) is 0.155. The SMILES string of the molecule is CCOC(=O)CC[C@H]1OC(C)(C)O[C@@H]1CO[Si](C)(C)C(C)(C)C. The topological polar surface area (TPSA) is 54.0 Å². The average molecular weight is 347 g/mol. The van der Waals surface area contributed by atoms with Gasteiger partial charge in [-0.3, -0.25) is 4.79 Å². The van der Waals surface area contributed by atoms with Crippen molar-refractivity contribution in [3.8, 4) is 0 Å². The third-order valence-corrected chi connectivity index (χ3v) is 9.14. The van der Waals surface area contributed by atoms with Gasteiger partial charge in [-0.05, 0) is 45.3 Å². The molecule has 6 heteroatoms. The van der Waals surface area contributed by atoms with E-state index in [1.54, 1.807) is 0 Å². The highest BCUT2D eigenvalue weighted by Crippen LogP contribution is 2.38. The van der Waals surface area contributed by atoms with E-state index in [1.807, 2.05) is 20.8 Å². The van der Waals surface area contributed by atoms with E-state index in [0.29, 0.717) is 26.1 Å². The molecule has 1 heterocycles. The predicted molar refractivity (Wildman–Crippen MR) is 92.8 cm³/mol. The quantitative estimate of drug-likeness (QED) is 0.517. The molecule has 0 unspecified atom stereocenters. The summed E-state index contributed by atoms with van der Waals surface area (Å²) in [6.07, 6.45) is 0.648. The number of ether oxygens (including phenoxy) is 3.